The van der Waals surface area contributed by atoms with Crippen LogP contribution >= 0.6 is 0 Å². The predicted octanol–water partition coefficient (Wildman–Crippen LogP) is 3.91. The lowest BCUT2D eigenvalue weighted by Crippen LogP contribution is -1.95. The van der Waals surface area contributed by atoms with Gasteiger partial charge in [0.25, 0.3) is 5.88 Å². The topological polar surface area (TPSA) is 92.7 Å². The Morgan fingerprint density at radius 1 is 1.32 bits per heavy atom. The van der Waals surface area contributed by atoms with Gasteiger partial charge in [-0.05, 0) is 25.0 Å². The van der Waals surface area contributed by atoms with Crippen molar-refractivity contribution in [1.82, 2.24) is 4.98 Å². The Bertz CT molecular complexity index is 773. The van der Waals surface area contributed by atoms with Crippen LogP contribution in [0.2, 0.25) is 0 Å². The van der Waals surface area contributed by atoms with Crippen LogP contribution in [-0.4, -0.2) is 25.4 Å². The third-order valence-corrected chi connectivity index (χ3v) is 3.89. The first-order valence-electron chi connectivity index (χ1n) is 8.08. The highest BCUT2D eigenvalue weighted by atomic mass is 16.5. The van der Waals surface area contributed by atoms with Gasteiger partial charge in [-0.3, -0.25) is 0 Å². The highest BCUT2D eigenvalue weighted by Crippen LogP contribution is 2.27. The third kappa shape index (κ3) is 4.29. The van der Waals surface area contributed by atoms with Gasteiger partial charge in [0.05, 0.1) is 20.4 Å². The van der Waals surface area contributed by atoms with Gasteiger partial charge in [0.1, 0.15) is 17.6 Å². The molecule has 1 aromatic carbocycles. The van der Waals surface area contributed by atoms with Crippen molar-refractivity contribution in [2.24, 2.45) is 5.10 Å². The van der Waals surface area contributed by atoms with Crippen LogP contribution in [0.3, 0.4) is 0 Å². The van der Waals surface area contributed by atoms with Gasteiger partial charge in [-0.1, -0.05) is 13.8 Å². The molecule has 7 nitrogen and oxygen atoms in total. The predicted molar refractivity (Wildman–Crippen MR) is 95.3 cm³/mol. The summed E-state index contributed by atoms with van der Waals surface area (Å²) in [5, 5.41) is 13.3. The van der Waals surface area contributed by atoms with Gasteiger partial charge in [-0.25, -0.2) is 10.4 Å². The molecule has 2 aromatic rings. The van der Waals surface area contributed by atoms with Crippen molar-refractivity contribution in [2.45, 2.75) is 32.6 Å². The van der Waals surface area contributed by atoms with Crippen molar-refractivity contribution >= 4 is 12.1 Å². The van der Waals surface area contributed by atoms with Gasteiger partial charge in [-0.2, -0.15) is 10.4 Å². The molecule has 132 valence electrons. The van der Waals surface area contributed by atoms with Crippen molar-refractivity contribution in [1.29, 1.82) is 5.26 Å². The number of nitrogens with zero attached hydrogens (tertiary/aromatic N) is 3. The number of hydrogen-bond donors (Lipinski definition) is 1. The monoisotopic (exact) mass is 342 g/mol. The molecule has 0 saturated heterocycles. The second kappa shape index (κ2) is 8.73. The van der Waals surface area contributed by atoms with Crippen LogP contribution in [0.1, 0.15) is 49.8 Å². The van der Waals surface area contributed by atoms with Gasteiger partial charge >= 0.3 is 0 Å². The molecule has 0 unspecified atom stereocenters. The number of nitriles is 1. The van der Waals surface area contributed by atoms with Crippen LogP contribution in [0.5, 0.6) is 11.5 Å². The molecule has 0 spiro atoms. The summed E-state index contributed by atoms with van der Waals surface area (Å²) in [4.78, 5) is 4.25. The molecule has 0 amide bonds. The van der Waals surface area contributed by atoms with E-state index in [0.29, 0.717) is 17.4 Å². The molecule has 1 N–H and O–H groups in total. The number of hydrogen-bond acceptors (Lipinski definition) is 7. The summed E-state index contributed by atoms with van der Waals surface area (Å²) in [6.07, 6.45) is 3.38. The fourth-order valence-electron chi connectivity index (χ4n) is 2.39. The van der Waals surface area contributed by atoms with Crippen LogP contribution in [0.15, 0.2) is 27.7 Å². The molecule has 0 atom stereocenters. The second-order valence-electron chi connectivity index (χ2n) is 5.33. The second-order valence-corrected chi connectivity index (χ2v) is 5.33. The molecule has 0 aliphatic rings. The van der Waals surface area contributed by atoms with E-state index in [9.17, 15) is 5.26 Å². The van der Waals surface area contributed by atoms with E-state index in [1.165, 1.54) is 0 Å². The standard InChI is InChI=1S/C18H22N4O3/c1-5-12(6-2)17-21-15(10-19)18(25-17)22-20-11-13-7-8-14(23-3)9-16(13)24-4/h7-9,11-12,22H,5-6H2,1-4H3. The van der Waals surface area contributed by atoms with Crippen LogP contribution in [0.4, 0.5) is 5.88 Å². The summed E-state index contributed by atoms with van der Waals surface area (Å²) < 4.78 is 16.1. The quantitative estimate of drug-likeness (QED) is 0.577. The van der Waals surface area contributed by atoms with E-state index in [0.717, 1.165) is 18.4 Å². The van der Waals surface area contributed by atoms with Gasteiger partial charge in [-0.15, -0.1) is 0 Å². The van der Waals surface area contributed by atoms with Crippen LogP contribution in [0, 0.1) is 11.3 Å². The zero-order valence-corrected chi connectivity index (χ0v) is 14.9. The Hall–Kier alpha value is -3.01. The molecule has 0 aliphatic carbocycles. The van der Waals surface area contributed by atoms with Crippen LogP contribution in [-0.2, 0) is 0 Å². The first-order chi connectivity index (χ1) is 12.2. The fourth-order valence-corrected chi connectivity index (χ4v) is 2.39. The average molecular weight is 342 g/mol. The van der Waals surface area contributed by atoms with E-state index in [1.807, 2.05) is 18.2 Å². The molecule has 2 rings (SSSR count). The molecular weight excluding hydrogens is 320 g/mol. The molecule has 7 heteroatoms. The maximum absolute atomic E-state index is 9.22. The van der Waals surface area contributed by atoms with Crippen molar-refractivity contribution in [2.75, 3.05) is 19.6 Å². The molecule has 1 aromatic heterocycles. The number of aromatic nitrogens is 1. The smallest absolute Gasteiger partial charge is 0.252 e. The lowest BCUT2D eigenvalue weighted by atomic mass is 10.0. The van der Waals surface area contributed by atoms with Crippen molar-refractivity contribution < 1.29 is 13.9 Å². The minimum atomic E-state index is 0.188. The van der Waals surface area contributed by atoms with E-state index in [4.69, 9.17) is 13.9 Å². The van der Waals surface area contributed by atoms with Crippen LogP contribution < -0.4 is 14.9 Å². The minimum absolute atomic E-state index is 0.188. The average Bonchev–Trinajstić information content (AvgIpc) is 3.06. The molecule has 0 fully saturated rings. The Morgan fingerprint density at radius 2 is 2.08 bits per heavy atom. The number of rotatable bonds is 8. The molecule has 0 radical (unpaired) electrons. The molecule has 1 heterocycles. The summed E-state index contributed by atoms with van der Waals surface area (Å²) >= 11 is 0. The minimum Gasteiger partial charge on any atom is -0.497 e. The summed E-state index contributed by atoms with van der Waals surface area (Å²) in [6.45, 7) is 4.12. The Kier molecular flexibility index (Phi) is 6.40. The summed E-state index contributed by atoms with van der Waals surface area (Å²) in [5.74, 6) is 2.31. The molecular formula is C18H22N4O3. The maximum Gasteiger partial charge on any atom is 0.252 e. The van der Waals surface area contributed by atoms with Gasteiger partial charge in [0.2, 0.25) is 11.6 Å². The number of methoxy groups -OCH3 is 2. The number of hydrazone groups is 1. The van der Waals surface area contributed by atoms with Crippen molar-refractivity contribution in [3.8, 4) is 17.6 Å². The molecule has 0 saturated carbocycles. The summed E-state index contributed by atoms with van der Waals surface area (Å²) in [6, 6.07) is 7.42. The number of benzene rings is 1. The fraction of sp³-hybridized carbons (Fsp3) is 0.389. The van der Waals surface area contributed by atoms with Gasteiger partial charge < -0.3 is 13.9 Å². The Labute approximate surface area is 147 Å². The maximum atomic E-state index is 9.22. The number of oxazole rings is 1. The lowest BCUT2D eigenvalue weighted by molar-refractivity contribution is 0.394. The van der Waals surface area contributed by atoms with E-state index < -0.39 is 0 Å². The van der Waals surface area contributed by atoms with Crippen molar-refractivity contribution in [3.05, 3.63) is 35.3 Å². The summed E-state index contributed by atoms with van der Waals surface area (Å²) in [5.41, 5.74) is 3.70. The van der Waals surface area contributed by atoms with E-state index in [1.54, 1.807) is 26.5 Å². The summed E-state index contributed by atoms with van der Waals surface area (Å²) in [7, 11) is 3.17. The first-order valence-corrected chi connectivity index (χ1v) is 8.08. The van der Waals surface area contributed by atoms with E-state index in [-0.39, 0.29) is 17.5 Å². The van der Waals surface area contributed by atoms with Crippen molar-refractivity contribution in [3.63, 3.8) is 0 Å². The van der Waals surface area contributed by atoms with Gasteiger partial charge in [0, 0.05) is 17.5 Å². The molecule has 25 heavy (non-hydrogen) atoms. The zero-order valence-electron chi connectivity index (χ0n) is 14.9. The number of anilines is 1. The molecule has 0 aliphatic heterocycles. The van der Waals surface area contributed by atoms with E-state index >= 15 is 0 Å². The SMILES string of the molecule is CCC(CC)c1nc(C#N)c(NN=Cc2ccc(OC)cc2OC)o1. The zero-order chi connectivity index (χ0) is 18.2. The molecule has 0 bridgehead atoms. The largest absolute Gasteiger partial charge is 0.497 e. The normalized spacial score (nSPS) is 10.9. The van der Waals surface area contributed by atoms with Crippen LogP contribution in [0.25, 0.3) is 0 Å². The highest BCUT2D eigenvalue weighted by molar-refractivity contribution is 5.84. The third-order valence-electron chi connectivity index (χ3n) is 3.89. The Morgan fingerprint density at radius 3 is 2.68 bits per heavy atom. The number of nitrogens with one attached hydrogen (secondary N) is 1. The highest BCUT2D eigenvalue weighted by Gasteiger charge is 2.18. The van der Waals surface area contributed by atoms with Gasteiger partial charge in [0.15, 0.2) is 0 Å². The first kappa shape index (κ1) is 18.3. The van der Waals surface area contributed by atoms with E-state index in [2.05, 4.69) is 29.4 Å². The Balaban J connectivity index is 2.18. The lowest BCUT2D eigenvalue weighted by Gasteiger charge is -2.07. The number of ether oxygens (including phenoxy) is 2.